The van der Waals surface area contributed by atoms with Gasteiger partial charge in [0.2, 0.25) is 0 Å². The molecule has 2 amide bonds. The van der Waals surface area contributed by atoms with Gasteiger partial charge in [0, 0.05) is 29.1 Å². The van der Waals surface area contributed by atoms with Gasteiger partial charge in [-0.1, -0.05) is 84.0 Å². The molecule has 0 spiro atoms. The predicted octanol–water partition coefficient (Wildman–Crippen LogP) is 6.31. The van der Waals surface area contributed by atoms with Gasteiger partial charge in [-0.25, -0.2) is 4.79 Å². The lowest BCUT2D eigenvalue weighted by Crippen LogP contribution is -2.57. The highest BCUT2D eigenvalue weighted by Crippen LogP contribution is 2.36. The third kappa shape index (κ3) is 7.22. The largest absolute Gasteiger partial charge is 0.461 e. The number of pyridine rings is 1. The molecule has 11 heteroatoms. The van der Waals surface area contributed by atoms with E-state index in [-0.39, 0.29) is 18.5 Å². The van der Waals surface area contributed by atoms with Crippen LogP contribution in [0.1, 0.15) is 48.1 Å². The summed E-state index contributed by atoms with van der Waals surface area (Å²) in [5.74, 6) is -0.472. The molecule has 0 aliphatic heterocycles. The lowest BCUT2D eigenvalue weighted by atomic mass is 9.80. The first-order chi connectivity index (χ1) is 19.1. The number of hydrogen-bond acceptors (Lipinski definition) is 4. The number of carbonyl (C=O) groups is 1. The van der Waals surface area contributed by atoms with Crippen molar-refractivity contribution in [2.24, 2.45) is 5.73 Å². The van der Waals surface area contributed by atoms with Gasteiger partial charge < -0.3 is 21.1 Å². The standard InChI is InChI=1S/C29H31F4IN4O2/c30-26(31)29(32,33)40-22-10-6-9-21(15-22)28(16-19-7-2-1-3-8-19,25-14-13-20(17-34)18-36-25)38-27(39)37-24-12-5-4-11-23(24)35/h1-3,6-10,13-15,18,23-24,26H,4-5,11-12,16-17,35H2,(H2,37,38,39)/t23-,24+,28-/m0/s1. The first-order valence-electron chi connectivity index (χ1n) is 13.0. The van der Waals surface area contributed by atoms with E-state index >= 15 is 0 Å². The maximum absolute atomic E-state index is 13.8. The summed E-state index contributed by atoms with van der Waals surface area (Å²) in [6.07, 6.45) is -3.40. The van der Waals surface area contributed by atoms with E-state index in [1.807, 2.05) is 36.4 Å². The molecule has 1 aliphatic rings. The minimum absolute atomic E-state index is 0.184. The van der Waals surface area contributed by atoms with Gasteiger partial charge in [-0.3, -0.25) is 4.98 Å². The molecular formula is C29H31F4IN4O2. The number of aromatic nitrogens is 1. The summed E-state index contributed by atoms with van der Waals surface area (Å²) in [4.78, 5) is 18.2. The van der Waals surface area contributed by atoms with Crippen LogP contribution in [0.25, 0.3) is 0 Å². The fourth-order valence-electron chi connectivity index (χ4n) is 4.94. The smallest absolute Gasteiger partial charge is 0.428 e. The van der Waals surface area contributed by atoms with E-state index in [1.165, 1.54) is 18.2 Å². The first-order valence-corrected chi connectivity index (χ1v) is 14.5. The number of nitrogens with one attached hydrogen (secondary N) is 2. The van der Waals surface area contributed by atoms with Crippen molar-refractivity contribution in [2.75, 3.05) is 0 Å². The van der Waals surface area contributed by atoms with E-state index in [0.29, 0.717) is 15.7 Å². The molecule has 0 saturated heterocycles. The summed E-state index contributed by atoms with van der Waals surface area (Å²) in [5, 5.41) is 6.05. The van der Waals surface area contributed by atoms with Crippen molar-refractivity contribution in [1.29, 1.82) is 0 Å². The van der Waals surface area contributed by atoms with E-state index in [4.69, 9.17) is 5.73 Å². The third-order valence-electron chi connectivity index (χ3n) is 7.03. The Kier molecular flexibility index (Phi) is 9.88. The van der Waals surface area contributed by atoms with Gasteiger partial charge in [-0.05, 0) is 47.7 Å². The fourth-order valence-corrected chi connectivity index (χ4v) is 5.39. The number of carbonyl (C=O) groups excluding carboxylic acids is 1. The maximum atomic E-state index is 13.8. The van der Waals surface area contributed by atoms with Crippen LogP contribution in [0.3, 0.4) is 0 Å². The SMILES string of the molecule is N[C@H]1CCCC[C@H]1NC(=O)N[C@@](Cc1ccccc1)(c1cccc(OC(F)(F)C(F)F)c1)c1ccc(CI)cn1. The average molecular weight is 670 g/mol. The van der Waals surface area contributed by atoms with Crippen LogP contribution in [-0.4, -0.2) is 35.6 Å². The summed E-state index contributed by atoms with van der Waals surface area (Å²) >= 11 is 2.21. The van der Waals surface area contributed by atoms with Gasteiger partial charge in [0.1, 0.15) is 11.3 Å². The molecular weight excluding hydrogens is 639 g/mol. The van der Waals surface area contributed by atoms with Crippen LogP contribution in [0.15, 0.2) is 72.9 Å². The molecule has 2 aromatic carbocycles. The van der Waals surface area contributed by atoms with Gasteiger partial charge in [-0.15, -0.1) is 0 Å². The minimum Gasteiger partial charge on any atom is -0.428 e. The lowest BCUT2D eigenvalue weighted by molar-refractivity contribution is -0.253. The van der Waals surface area contributed by atoms with E-state index < -0.39 is 29.9 Å². The summed E-state index contributed by atoms with van der Waals surface area (Å²) in [7, 11) is 0. The van der Waals surface area contributed by atoms with Gasteiger partial charge >= 0.3 is 18.6 Å². The maximum Gasteiger partial charge on any atom is 0.461 e. The summed E-state index contributed by atoms with van der Waals surface area (Å²) < 4.78 is 58.6. The van der Waals surface area contributed by atoms with Crippen LogP contribution in [0.5, 0.6) is 5.75 Å². The molecule has 3 aromatic rings. The molecule has 1 aromatic heterocycles. The average Bonchev–Trinajstić information content (AvgIpc) is 2.94. The number of nitrogens with two attached hydrogens (primary N) is 1. The van der Waals surface area contributed by atoms with Gasteiger partial charge in [0.25, 0.3) is 0 Å². The Balaban J connectivity index is 1.82. The molecule has 4 rings (SSSR count). The Morgan fingerprint density at radius 2 is 1.80 bits per heavy atom. The van der Waals surface area contributed by atoms with Gasteiger partial charge in [-0.2, -0.15) is 17.6 Å². The van der Waals surface area contributed by atoms with Crippen LogP contribution in [0, 0.1) is 0 Å². The van der Waals surface area contributed by atoms with Crippen molar-refractivity contribution in [3.63, 3.8) is 0 Å². The number of halogens is 5. The summed E-state index contributed by atoms with van der Waals surface area (Å²) in [5.41, 5.74) is 7.42. The Hall–Kier alpha value is -2.93. The second-order valence-corrected chi connectivity index (χ2v) is 10.7. The monoisotopic (exact) mass is 670 g/mol. The van der Waals surface area contributed by atoms with E-state index in [2.05, 4.69) is 42.9 Å². The third-order valence-corrected chi connectivity index (χ3v) is 7.91. The van der Waals surface area contributed by atoms with Crippen molar-refractivity contribution < 1.29 is 27.1 Å². The molecule has 1 saturated carbocycles. The van der Waals surface area contributed by atoms with Crippen molar-refractivity contribution in [3.8, 4) is 5.75 Å². The van der Waals surface area contributed by atoms with Crippen molar-refractivity contribution in [1.82, 2.24) is 15.6 Å². The minimum atomic E-state index is -4.69. The Morgan fingerprint density at radius 3 is 2.45 bits per heavy atom. The number of rotatable bonds is 10. The molecule has 1 aliphatic carbocycles. The fraction of sp³-hybridized carbons (Fsp3) is 0.379. The van der Waals surface area contributed by atoms with Gasteiger partial charge in [0.05, 0.1) is 5.69 Å². The first kappa shape index (κ1) is 30.0. The summed E-state index contributed by atoms with van der Waals surface area (Å²) in [6.45, 7) is 0. The highest BCUT2D eigenvalue weighted by atomic mass is 127. The Labute approximate surface area is 244 Å². The molecule has 6 nitrogen and oxygen atoms in total. The van der Waals surface area contributed by atoms with E-state index in [9.17, 15) is 22.4 Å². The number of benzene rings is 2. The number of urea groups is 1. The van der Waals surface area contributed by atoms with Crippen LogP contribution >= 0.6 is 22.6 Å². The lowest BCUT2D eigenvalue weighted by Gasteiger charge is -2.37. The second-order valence-electron chi connectivity index (χ2n) is 9.90. The van der Waals surface area contributed by atoms with Crippen LogP contribution in [-0.2, 0) is 16.4 Å². The number of amides is 2. The van der Waals surface area contributed by atoms with Crippen molar-refractivity contribution in [2.45, 2.75) is 66.7 Å². The Morgan fingerprint density at radius 1 is 1.05 bits per heavy atom. The van der Waals surface area contributed by atoms with Crippen LogP contribution < -0.4 is 21.1 Å². The van der Waals surface area contributed by atoms with E-state index in [0.717, 1.165) is 36.8 Å². The van der Waals surface area contributed by atoms with Crippen molar-refractivity contribution >= 4 is 28.6 Å². The Bertz CT molecular complexity index is 1270. The zero-order valence-electron chi connectivity index (χ0n) is 21.6. The number of nitrogens with zero attached hydrogens (tertiary/aromatic N) is 1. The van der Waals surface area contributed by atoms with Crippen molar-refractivity contribution in [3.05, 3.63) is 95.3 Å². The second kappa shape index (κ2) is 13.2. The number of hydrogen-bond donors (Lipinski definition) is 3. The van der Waals surface area contributed by atoms with Crippen LogP contribution in [0.4, 0.5) is 22.4 Å². The molecule has 214 valence electrons. The summed E-state index contributed by atoms with van der Waals surface area (Å²) in [6, 6.07) is 17.4. The number of alkyl halides is 5. The quantitative estimate of drug-likeness (QED) is 0.134. The molecule has 0 bridgehead atoms. The molecule has 0 radical (unpaired) electrons. The molecule has 40 heavy (non-hydrogen) atoms. The highest BCUT2D eigenvalue weighted by Gasteiger charge is 2.45. The van der Waals surface area contributed by atoms with Crippen LogP contribution in [0.2, 0.25) is 0 Å². The normalized spacial score (nSPS) is 19.1. The van der Waals surface area contributed by atoms with Gasteiger partial charge in [0.15, 0.2) is 0 Å². The highest BCUT2D eigenvalue weighted by molar-refractivity contribution is 14.1. The molecule has 1 fully saturated rings. The zero-order valence-corrected chi connectivity index (χ0v) is 23.8. The molecule has 4 N–H and O–H groups in total. The topological polar surface area (TPSA) is 89.3 Å². The predicted molar refractivity (Wildman–Crippen MR) is 153 cm³/mol. The molecule has 0 unspecified atom stereocenters. The zero-order chi connectivity index (χ0) is 28.8. The van der Waals surface area contributed by atoms with E-state index in [1.54, 1.807) is 18.3 Å². The molecule has 1 heterocycles. The molecule has 3 atom stereocenters. The number of ether oxygens (including phenoxy) is 1.